The molecule has 2 N–H and O–H groups in total. The van der Waals surface area contributed by atoms with Crippen molar-refractivity contribution < 1.29 is 22.3 Å². The number of benzene rings is 2. The molecule has 1 unspecified atom stereocenters. The van der Waals surface area contributed by atoms with Crippen LogP contribution in [0.4, 0.5) is 4.39 Å². The lowest BCUT2D eigenvalue weighted by Gasteiger charge is -2.20. The Kier molecular flexibility index (Phi) is 6.24. The summed E-state index contributed by atoms with van der Waals surface area (Å²) in [5.41, 5.74) is 0.600. The molecule has 0 bridgehead atoms. The number of nitrogens with one attached hydrogen (secondary N) is 2. The Morgan fingerprint density at radius 2 is 1.79 bits per heavy atom. The average Bonchev–Trinajstić information content (AvgIpc) is 3.50. The summed E-state index contributed by atoms with van der Waals surface area (Å²) in [4.78, 5) is 12.7. The molecule has 0 heterocycles. The summed E-state index contributed by atoms with van der Waals surface area (Å²) >= 11 is 0. The van der Waals surface area contributed by atoms with Gasteiger partial charge < -0.3 is 10.1 Å². The van der Waals surface area contributed by atoms with E-state index in [4.69, 9.17) is 4.74 Å². The second-order valence-electron chi connectivity index (χ2n) is 7.48. The molecule has 2 aromatic carbocycles. The van der Waals surface area contributed by atoms with Gasteiger partial charge in [-0.05, 0) is 68.5 Å². The minimum atomic E-state index is -3.84. The molecular formula is C21H25FN2O4S. The smallest absolute Gasteiger partial charge is 0.254 e. The number of amides is 1. The van der Waals surface area contributed by atoms with Crippen molar-refractivity contribution in [3.63, 3.8) is 0 Å². The van der Waals surface area contributed by atoms with Gasteiger partial charge in [0.25, 0.3) is 5.91 Å². The van der Waals surface area contributed by atoms with Gasteiger partial charge in [-0.25, -0.2) is 17.5 Å². The van der Waals surface area contributed by atoms with E-state index in [0.717, 1.165) is 36.6 Å². The van der Waals surface area contributed by atoms with E-state index in [2.05, 4.69) is 10.0 Å². The molecule has 29 heavy (non-hydrogen) atoms. The first kappa shape index (κ1) is 21.3. The highest BCUT2D eigenvalue weighted by Gasteiger charge is 2.34. The first-order chi connectivity index (χ1) is 13.7. The largest absolute Gasteiger partial charge is 0.497 e. The summed E-state index contributed by atoms with van der Waals surface area (Å²) in [5.74, 6) is -0.437. The zero-order chi connectivity index (χ0) is 21.2. The van der Waals surface area contributed by atoms with Crippen molar-refractivity contribution in [2.24, 2.45) is 5.92 Å². The number of carbonyl (C=O) groups excluding carboxylic acids is 1. The summed E-state index contributed by atoms with van der Waals surface area (Å²) in [7, 11) is -2.26. The van der Waals surface area contributed by atoms with E-state index in [-0.39, 0.29) is 28.5 Å². The van der Waals surface area contributed by atoms with Crippen LogP contribution in [0.15, 0.2) is 47.4 Å². The van der Waals surface area contributed by atoms with Gasteiger partial charge in [0.1, 0.15) is 11.6 Å². The van der Waals surface area contributed by atoms with Gasteiger partial charge in [0, 0.05) is 6.04 Å². The normalized spacial score (nSPS) is 15.2. The van der Waals surface area contributed by atoms with Gasteiger partial charge >= 0.3 is 0 Å². The summed E-state index contributed by atoms with van der Waals surface area (Å²) < 4.78 is 46.7. The van der Waals surface area contributed by atoms with Gasteiger partial charge in [-0.3, -0.25) is 4.79 Å². The molecule has 0 saturated heterocycles. The molecule has 0 radical (unpaired) electrons. The van der Waals surface area contributed by atoms with Crippen LogP contribution in [0.2, 0.25) is 0 Å². The Morgan fingerprint density at radius 3 is 2.34 bits per heavy atom. The fourth-order valence-corrected chi connectivity index (χ4v) is 4.43. The van der Waals surface area contributed by atoms with Gasteiger partial charge in [-0.15, -0.1) is 0 Å². The summed E-state index contributed by atoms with van der Waals surface area (Å²) in [6.07, 6.45) is 1.93. The van der Waals surface area contributed by atoms with E-state index >= 15 is 0 Å². The van der Waals surface area contributed by atoms with Crippen LogP contribution < -0.4 is 14.8 Å². The van der Waals surface area contributed by atoms with Crippen molar-refractivity contribution in [3.05, 3.63) is 59.4 Å². The van der Waals surface area contributed by atoms with Crippen LogP contribution in [0.3, 0.4) is 0 Å². The van der Waals surface area contributed by atoms with E-state index in [1.807, 2.05) is 24.3 Å². The molecule has 1 aliphatic carbocycles. The van der Waals surface area contributed by atoms with Crippen LogP contribution in [0.25, 0.3) is 0 Å². The highest BCUT2D eigenvalue weighted by molar-refractivity contribution is 7.89. The Bertz CT molecular complexity index is 986. The quantitative estimate of drug-likeness (QED) is 0.686. The molecule has 1 atom stereocenters. The summed E-state index contributed by atoms with van der Waals surface area (Å²) in [6, 6.07) is 9.98. The maximum Gasteiger partial charge on any atom is 0.254 e. The number of halogens is 1. The van der Waals surface area contributed by atoms with Crippen molar-refractivity contribution in [1.29, 1.82) is 0 Å². The molecule has 1 fully saturated rings. The zero-order valence-corrected chi connectivity index (χ0v) is 17.4. The summed E-state index contributed by atoms with van der Waals surface area (Å²) in [5, 5.41) is 2.87. The number of hydrogen-bond donors (Lipinski definition) is 2. The minimum absolute atomic E-state index is 0.148. The fraction of sp³-hybridized carbons (Fsp3) is 0.381. The van der Waals surface area contributed by atoms with Crippen molar-refractivity contribution in [1.82, 2.24) is 10.0 Å². The molecule has 156 valence electrons. The van der Waals surface area contributed by atoms with Gasteiger partial charge in [0.15, 0.2) is 0 Å². The van der Waals surface area contributed by atoms with E-state index in [1.165, 1.54) is 0 Å². The highest BCUT2D eigenvalue weighted by atomic mass is 32.2. The molecule has 0 spiro atoms. The number of sulfonamides is 1. The Morgan fingerprint density at radius 1 is 1.14 bits per heavy atom. The van der Waals surface area contributed by atoms with Crippen LogP contribution >= 0.6 is 0 Å². The van der Waals surface area contributed by atoms with Crippen molar-refractivity contribution in [2.45, 2.75) is 43.7 Å². The first-order valence-corrected chi connectivity index (χ1v) is 11.0. The van der Waals surface area contributed by atoms with Crippen LogP contribution in [0, 0.1) is 11.7 Å². The molecule has 8 heteroatoms. The van der Waals surface area contributed by atoms with Gasteiger partial charge in [0.05, 0.1) is 23.6 Å². The average molecular weight is 421 g/mol. The van der Waals surface area contributed by atoms with Crippen molar-refractivity contribution in [3.8, 4) is 5.75 Å². The third-order valence-corrected chi connectivity index (χ3v) is 6.39. The predicted molar refractivity (Wildman–Crippen MR) is 108 cm³/mol. The molecule has 1 saturated carbocycles. The zero-order valence-electron chi connectivity index (χ0n) is 16.6. The topological polar surface area (TPSA) is 84.5 Å². The number of rotatable bonds is 8. The number of carbonyl (C=O) groups is 1. The lowest BCUT2D eigenvalue weighted by atomic mass is 10.0. The van der Waals surface area contributed by atoms with E-state index in [9.17, 15) is 17.6 Å². The number of ether oxygens (including phenoxy) is 1. The van der Waals surface area contributed by atoms with Crippen molar-refractivity contribution >= 4 is 15.9 Å². The van der Waals surface area contributed by atoms with E-state index < -0.39 is 21.7 Å². The number of methoxy groups -OCH3 is 1. The van der Waals surface area contributed by atoms with Crippen LogP contribution in [0.1, 0.15) is 48.7 Å². The van der Waals surface area contributed by atoms with Gasteiger partial charge in [0.2, 0.25) is 10.0 Å². The van der Waals surface area contributed by atoms with Crippen LogP contribution in [-0.4, -0.2) is 27.5 Å². The lowest BCUT2D eigenvalue weighted by Crippen LogP contribution is -2.32. The van der Waals surface area contributed by atoms with Gasteiger partial charge in [-0.2, -0.15) is 0 Å². The standard InChI is InChI=1S/C21H25FN2O4S/c1-13(2)24-29(26,27)17-10-11-19(22)18(12-17)21(25)23-20(14-4-5-14)15-6-8-16(28-3)9-7-15/h6-14,20,24H,4-5H2,1-3H3,(H,23,25). The SMILES string of the molecule is COc1ccc(C(NC(=O)c2cc(S(=O)(=O)NC(C)C)ccc2F)C2CC2)cc1. The minimum Gasteiger partial charge on any atom is -0.497 e. The van der Waals surface area contributed by atoms with E-state index in [1.54, 1.807) is 21.0 Å². The number of hydrogen-bond acceptors (Lipinski definition) is 4. The van der Waals surface area contributed by atoms with Crippen LogP contribution in [0.5, 0.6) is 5.75 Å². The third-order valence-electron chi connectivity index (χ3n) is 4.74. The lowest BCUT2D eigenvalue weighted by molar-refractivity contribution is 0.0927. The van der Waals surface area contributed by atoms with Gasteiger partial charge in [-0.1, -0.05) is 12.1 Å². The molecule has 2 aromatic rings. The predicted octanol–water partition coefficient (Wildman–Crippen LogP) is 3.40. The second-order valence-corrected chi connectivity index (χ2v) is 9.19. The Balaban J connectivity index is 1.85. The molecule has 6 nitrogen and oxygen atoms in total. The van der Waals surface area contributed by atoms with Crippen molar-refractivity contribution in [2.75, 3.05) is 7.11 Å². The fourth-order valence-electron chi connectivity index (χ4n) is 3.16. The van der Waals surface area contributed by atoms with E-state index in [0.29, 0.717) is 5.75 Å². The Hall–Kier alpha value is -2.45. The molecule has 0 aromatic heterocycles. The molecule has 0 aliphatic heterocycles. The van der Waals surface area contributed by atoms with Crippen LogP contribution in [-0.2, 0) is 10.0 Å². The molecular weight excluding hydrogens is 395 g/mol. The molecule has 3 rings (SSSR count). The first-order valence-electron chi connectivity index (χ1n) is 9.48. The maximum absolute atomic E-state index is 14.3. The maximum atomic E-state index is 14.3. The second kappa shape index (κ2) is 8.51. The summed E-state index contributed by atoms with van der Waals surface area (Å²) in [6.45, 7) is 3.37. The third kappa shape index (κ3) is 5.13. The molecule has 1 aliphatic rings. The molecule has 1 amide bonds. The Labute approximate surface area is 170 Å². The monoisotopic (exact) mass is 420 g/mol. The highest BCUT2D eigenvalue weighted by Crippen LogP contribution is 2.41.